The molecule has 2 fully saturated rings. The molecule has 118 valence electrons. The summed E-state index contributed by atoms with van der Waals surface area (Å²) in [4.78, 5) is 18.7. The molecule has 3 atom stereocenters. The van der Waals surface area contributed by atoms with Gasteiger partial charge in [0.25, 0.3) is 5.91 Å². The molecule has 4 nitrogen and oxygen atoms in total. The number of aromatic nitrogens is 1. The number of hydrogen-bond acceptors (Lipinski definition) is 3. The van der Waals surface area contributed by atoms with Gasteiger partial charge in [0.1, 0.15) is 11.9 Å². The molecule has 1 aliphatic carbocycles. The largest absolute Gasteiger partial charge is 0.488 e. The Labute approximate surface area is 136 Å². The smallest absolute Gasteiger partial charge is 0.253 e. The quantitative estimate of drug-likeness (QED) is 0.875. The zero-order valence-electron chi connectivity index (χ0n) is 13.0. The summed E-state index contributed by atoms with van der Waals surface area (Å²) in [6.45, 7) is 1.65. The molecule has 0 spiro atoms. The lowest BCUT2D eigenvalue weighted by molar-refractivity contribution is 0.0762. The molecule has 2 heterocycles. The van der Waals surface area contributed by atoms with Crippen LogP contribution in [0, 0.1) is 11.8 Å². The number of hydrogen-bond donors (Lipinski definition) is 0. The van der Waals surface area contributed by atoms with Gasteiger partial charge in [-0.15, -0.1) is 0 Å². The summed E-state index contributed by atoms with van der Waals surface area (Å²) in [5.74, 6) is 1.96. The second-order valence-electron chi connectivity index (χ2n) is 6.42. The molecular weight excluding hydrogens is 288 g/mol. The Kier molecular flexibility index (Phi) is 3.74. The number of pyridine rings is 1. The predicted octanol–water partition coefficient (Wildman–Crippen LogP) is 3.01. The Hall–Kier alpha value is -2.36. The Morgan fingerprint density at radius 2 is 1.96 bits per heavy atom. The van der Waals surface area contributed by atoms with E-state index in [4.69, 9.17) is 4.74 Å². The van der Waals surface area contributed by atoms with Gasteiger partial charge in [-0.05, 0) is 43.0 Å². The van der Waals surface area contributed by atoms with Gasteiger partial charge in [0, 0.05) is 30.8 Å². The first-order valence-corrected chi connectivity index (χ1v) is 8.22. The summed E-state index contributed by atoms with van der Waals surface area (Å²) in [5.41, 5.74) is 0.775. The van der Waals surface area contributed by atoms with Crippen molar-refractivity contribution < 1.29 is 9.53 Å². The van der Waals surface area contributed by atoms with Gasteiger partial charge in [0.2, 0.25) is 0 Å². The van der Waals surface area contributed by atoms with Crippen LogP contribution in [0.15, 0.2) is 54.9 Å². The average molecular weight is 308 g/mol. The second kappa shape index (κ2) is 6.03. The van der Waals surface area contributed by atoms with Crippen molar-refractivity contribution in [1.29, 1.82) is 0 Å². The first-order chi connectivity index (χ1) is 11.3. The standard InChI is InChI=1S/C19H20N2O2/c22-19(14-5-2-1-3-6-14)21-12-15-8-9-18(17(15)13-21)23-16-7-4-10-20-11-16/h1-7,10-11,15,17-18H,8-9,12-13H2/t15-,17+,18-/m1/s1. The maximum Gasteiger partial charge on any atom is 0.253 e. The van der Waals surface area contributed by atoms with E-state index in [1.165, 1.54) is 0 Å². The van der Waals surface area contributed by atoms with Crippen molar-refractivity contribution in [2.24, 2.45) is 11.8 Å². The predicted molar refractivity (Wildman–Crippen MR) is 87.2 cm³/mol. The maximum absolute atomic E-state index is 12.6. The van der Waals surface area contributed by atoms with Crippen molar-refractivity contribution in [1.82, 2.24) is 9.88 Å². The number of carbonyl (C=O) groups excluding carboxylic acids is 1. The third kappa shape index (κ3) is 2.81. The van der Waals surface area contributed by atoms with Gasteiger partial charge >= 0.3 is 0 Å². The lowest BCUT2D eigenvalue weighted by atomic mass is 9.99. The fraction of sp³-hybridized carbons (Fsp3) is 0.368. The van der Waals surface area contributed by atoms with Gasteiger partial charge in [-0.2, -0.15) is 0 Å². The number of rotatable bonds is 3. The van der Waals surface area contributed by atoms with E-state index in [2.05, 4.69) is 4.98 Å². The third-order valence-electron chi connectivity index (χ3n) is 5.02. The Morgan fingerprint density at radius 1 is 1.09 bits per heavy atom. The molecular formula is C19H20N2O2. The van der Waals surface area contributed by atoms with E-state index < -0.39 is 0 Å². The highest BCUT2D eigenvalue weighted by atomic mass is 16.5. The minimum Gasteiger partial charge on any atom is -0.488 e. The molecule has 1 aromatic heterocycles. The van der Waals surface area contributed by atoms with E-state index >= 15 is 0 Å². The van der Waals surface area contributed by atoms with Crippen molar-refractivity contribution >= 4 is 5.91 Å². The zero-order valence-corrected chi connectivity index (χ0v) is 13.0. The third-order valence-corrected chi connectivity index (χ3v) is 5.02. The molecule has 1 aliphatic heterocycles. The van der Waals surface area contributed by atoms with Crippen LogP contribution in [0.5, 0.6) is 5.75 Å². The highest BCUT2D eigenvalue weighted by Crippen LogP contribution is 2.40. The van der Waals surface area contributed by atoms with Crippen LogP contribution in [-0.4, -0.2) is 35.0 Å². The lowest BCUT2D eigenvalue weighted by Crippen LogP contribution is -2.32. The van der Waals surface area contributed by atoms with Crippen LogP contribution < -0.4 is 4.74 Å². The van der Waals surface area contributed by atoms with Crippen molar-refractivity contribution in [3.8, 4) is 5.75 Å². The van der Waals surface area contributed by atoms with Crippen LogP contribution in [0.25, 0.3) is 0 Å². The molecule has 2 aliphatic rings. The molecule has 4 rings (SSSR count). The first kappa shape index (κ1) is 14.2. The lowest BCUT2D eigenvalue weighted by Gasteiger charge is -2.22. The minimum absolute atomic E-state index is 0.139. The summed E-state index contributed by atoms with van der Waals surface area (Å²) in [6, 6.07) is 13.4. The number of fused-ring (bicyclic) bond motifs is 1. The molecule has 0 bridgehead atoms. The van der Waals surface area contributed by atoms with Crippen LogP contribution in [-0.2, 0) is 0 Å². The molecule has 4 heteroatoms. The molecule has 0 radical (unpaired) electrons. The van der Waals surface area contributed by atoms with E-state index in [-0.39, 0.29) is 12.0 Å². The van der Waals surface area contributed by atoms with Crippen molar-refractivity contribution in [2.45, 2.75) is 18.9 Å². The number of ether oxygens (including phenoxy) is 1. The molecule has 1 saturated carbocycles. The average Bonchev–Trinajstić information content (AvgIpc) is 3.18. The van der Waals surface area contributed by atoms with Gasteiger partial charge in [-0.25, -0.2) is 0 Å². The number of carbonyl (C=O) groups is 1. The van der Waals surface area contributed by atoms with Crippen molar-refractivity contribution in [3.05, 3.63) is 60.4 Å². The van der Waals surface area contributed by atoms with E-state index in [0.717, 1.165) is 37.2 Å². The molecule has 0 N–H and O–H groups in total. The SMILES string of the molecule is O=C(c1ccccc1)N1C[C@H]2CC[C@@H](Oc3cccnc3)[C@H]2C1. The van der Waals surface area contributed by atoms with Gasteiger partial charge in [-0.3, -0.25) is 9.78 Å². The van der Waals surface area contributed by atoms with Gasteiger partial charge in [0.05, 0.1) is 6.20 Å². The molecule has 1 aromatic carbocycles. The zero-order chi connectivity index (χ0) is 15.6. The Bertz CT molecular complexity index is 674. The summed E-state index contributed by atoms with van der Waals surface area (Å²) >= 11 is 0. The van der Waals surface area contributed by atoms with Gasteiger partial charge < -0.3 is 9.64 Å². The number of likely N-dealkylation sites (tertiary alicyclic amines) is 1. The summed E-state index contributed by atoms with van der Waals surface area (Å²) in [7, 11) is 0. The number of nitrogens with zero attached hydrogens (tertiary/aromatic N) is 2. The second-order valence-corrected chi connectivity index (χ2v) is 6.42. The number of benzene rings is 1. The monoisotopic (exact) mass is 308 g/mol. The number of amides is 1. The fourth-order valence-corrected chi connectivity index (χ4v) is 3.88. The molecule has 1 amide bonds. The normalized spacial score (nSPS) is 26.1. The van der Waals surface area contributed by atoms with Gasteiger partial charge in [0.15, 0.2) is 0 Å². The topological polar surface area (TPSA) is 42.4 Å². The van der Waals surface area contributed by atoms with Crippen LogP contribution in [0.1, 0.15) is 23.2 Å². The summed E-state index contributed by atoms with van der Waals surface area (Å²) in [5, 5.41) is 0. The van der Waals surface area contributed by atoms with Crippen molar-refractivity contribution in [3.63, 3.8) is 0 Å². The van der Waals surface area contributed by atoms with Crippen LogP contribution in [0.4, 0.5) is 0 Å². The van der Waals surface area contributed by atoms with E-state index in [0.29, 0.717) is 11.8 Å². The molecule has 0 unspecified atom stereocenters. The molecule has 1 saturated heterocycles. The van der Waals surface area contributed by atoms with Crippen LogP contribution in [0.3, 0.4) is 0 Å². The van der Waals surface area contributed by atoms with Crippen molar-refractivity contribution in [2.75, 3.05) is 13.1 Å². The van der Waals surface area contributed by atoms with E-state index in [1.807, 2.05) is 47.4 Å². The highest BCUT2D eigenvalue weighted by Gasteiger charge is 2.45. The highest BCUT2D eigenvalue weighted by molar-refractivity contribution is 5.94. The van der Waals surface area contributed by atoms with E-state index in [9.17, 15) is 4.79 Å². The molecule has 23 heavy (non-hydrogen) atoms. The molecule has 2 aromatic rings. The Balaban J connectivity index is 1.44. The minimum atomic E-state index is 0.139. The maximum atomic E-state index is 12.6. The Morgan fingerprint density at radius 3 is 2.74 bits per heavy atom. The van der Waals surface area contributed by atoms with Crippen LogP contribution >= 0.6 is 0 Å². The first-order valence-electron chi connectivity index (χ1n) is 8.22. The van der Waals surface area contributed by atoms with Gasteiger partial charge in [-0.1, -0.05) is 18.2 Å². The summed E-state index contributed by atoms with van der Waals surface area (Å²) < 4.78 is 6.12. The fourth-order valence-electron chi connectivity index (χ4n) is 3.88. The van der Waals surface area contributed by atoms with E-state index in [1.54, 1.807) is 12.4 Å². The van der Waals surface area contributed by atoms with Crippen LogP contribution in [0.2, 0.25) is 0 Å². The summed E-state index contributed by atoms with van der Waals surface area (Å²) in [6.07, 6.45) is 5.90.